The van der Waals surface area contributed by atoms with E-state index in [-0.39, 0.29) is 24.2 Å². The first kappa shape index (κ1) is 15.2. The number of alkyl carbamates (subject to hydrolysis) is 1. The summed E-state index contributed by atoms with van der Waals surface area (Å²) < 4.78 is 27.3. The molecule has 7 heteroatoms. The van der Waals surface area contributed by atoms with Crippen LogP contribution in [0.25, 0.3) is 0 Å². The van der Waals surface area contributed by atoms with Crippen molar-refractivity contribution in [1.82, 2.24) is 5.32 Å². The first-order chi connectivity index (χ1) is 8.53. The Hall–Kier alpha value is -0.820. The molecule has 1 aliphatic heterocycles. The molecule has 0 saturated carbocycles. The van der Waals surface area contributed by atoms with E-state index >= 15 is 0 Å². The molecule has 0 aromatic rings. The van der Waals surface area contributed by atoms with E-state index in [9.17, 15) is 13.2 Å². The molecule has 1 aliphatic rings. The van der Waals surface area contributed by atoms with Crippen LogP contribution in [-0.4, -0.2) is 50.4 Å². The van der Waals surface area contributed by atoms with E-state index in [1.165, 1.54) is 0 Å². The molecule has 1 amide bonds. The highest BCUT2D eigenvalue weighted by Crippen LogP contribution is 2.11. The molecule has 106 valence electrons. The van der Waals surface area contributed by atoms with E-state index in [2.05, 4.69) is 5.32 Å². The standard InChI is InChI=1S/C11H21NO5S/c13-6-3-1-2-4-7-17-11(14)12-10-5-8-18(15,16)9-10/h10,13H,1-9H2,(H,12,14)/t10-/m0/s1. The molecule has 0 aliphatic carbocycles. The summed E-state index contributed by atoms with van der Waals surface area (Å²) in [5.41, 5.74) is 0. The van der Waals surface area contributed by atoms with Gasteiger partial charge in [0, 0.05) is 12.6 Å². The molecule has 2 N–H and O–H groups in total. The summed E-state index contributed by atoms with van der Waals surface area (Å²) in [4.78, 5) is 11.3. The average Bonchev–Trinajstić information content (AvgIpc) is 2.63. The Balaban J connectivity index is 2.04. The van der Waals surface area contributed by atoms with Crippen LogP contribution in [0.1, 0.15) is 32.1 Å². The Kier molecular flexibility index (Phi) is 6.42. The summed E-state index contributed by atoms with van der Waals surface area (Å²) in [7, 11) is -2.97. The fourth-order valence-electron chi connectivity index (χ4n) is 1.85. The minimum Gasteiger partial charge on any atom is -0.450 e. The van der Waals surface area contributed by atoms with Gasteiger partial charge in [0.15, 0.2) is 9.84 Å². The van der Waals surface area contributed by atoms with Crippen molar-refractivity contribution in [3.63, 3.8) is 0 Å². The highest BCUT2D eigenvalue weighted by atomic mass is 32.2. The van der Waals surface area contributed by atoms with Crippen molar-refractivity contribution in [2.75, 3.05) is 24.7 Å². The van der Waals surface area contributed by atoms with Gasteiger partial charge in [0.1, 0.15) is 0 Å². The average molecular weight is 279 g/mol. The topological polar surface area (TPSA) is 92.7 Å². The molecule has 6 nitrogen and oxygen atoms in total. The van der Waals surface area contributed by atoms with E-state index in [0.717, 1.165) is 25.7 Å². The molecule has 0 bridgehead atoms. The van der Waals surface area contributed by atoms with Crippen molar-refractivity contribution in [2.45, 2.75) is 38.1 Å². The smallest absolute Gasteiger partial charge is 0.407 e. The summed E-state index contributed by atoms with van der Waals surface area (Å²) in [6.45, 7) is 0.522. The Bertz CT molecular complexity index is 354. The summed E-state index contributed by atoms with van der Waals surface area (Å²) in [6, 6.07) is -0.308. The number of unbranched alkanes of at least 4 members (excludes halogenated alkanes) is 3. The zero-order valence-electron chi connectivity index (χ0n) is 10.4. The molecule has 0 aromatic carbocycles. The number of aliphatic hydroxyl groups excluding tert-OH is 1. The van der Waals surface area contributed by atoms with Gasteiger partial charge in [-0.2, -0.15) is 0 Å². The number of amides is 1. The third-order valence-corrected chi connectivity index (χ3v) is 4.61. The number of carbonyl (C=O) groups is 1. The predicted molar refractivity (Wildman–Crippen MR) is 67.1 cm³/mol. The third-order valence-electron chi connectivity index (χ3n) is 2.84. The van der Waals surface area contributed by atoms with Crippen molar-refractivity contribution >= 4 is 15.9 Å². The number of aliphatic hydroxyl groups is 1. The van der Waals surface area contributed by atoms with Gasteiger partial charge in [0.2, 0.25) is 0 Å². The Morgan fingerprint density at radius 1 is 1.28 bits per heavy atom. The number of hydrogen-bond acceptors (Lipinski definition) is 5. The normalized spacial score (nSPS) is 21.7. The molecule has 18 heavy (non-hydrogen) atoms. The number of sulfone groups is 1. The van der Waals surface area contributed by atoms with Gasteiger partial charge in [-0.25, -0.2) is 13.2 Å². The second-order valence-electron chi connectivity index (χ2n) is 4.52. The Morgan fingerprint density at radius 3 is 2.61 bits per heavy atom. The van der Waals surface area contributed by atoms with Gasteiger partial charge in [-0.1, -0.05) is 6.42 Å². The maximum atomic E-state index is 11.3. The number of hydrogen-bond donors (Lipinski definition) is 2. The van der Waals surface area contributed by atoms with Crippen LogP contribution in [0.4, 0.5) is 4.79 Å². The van der Waals surface area contributed by atoms with Crippen LogP contribution in [0.5, 0.6) is 0 Å². The lowest BCUT2D eigenvalue weighted by Crippen LogP contribution is -2.36. The Morgan fingerprint density at radius 2 is 2.00 bits per heavy atom. The lowest BCUT2D eigenvalue weighted by atomic mass is 10.2. The maximum absolute atomic E-state index is 11.3. The van der Waals surface area contributed by atoms with Crippen LogP contribution in [-0.2, 0) is 14.6 Å². The fourth-order valence-corrected chi connectivity index (χ4v) is 3.52. The SMILES string of the molecule is O=C(N[C@H]1CCS(=O)(=O)C1)OCCCCCCO. The van der Waals surface area contributed by atoms with Crippen molar-refractivity contribution in [3.05, 3.63) is 0 Å². The minimum atomic E-state index is -2.97. The lowest BCUT2D eigenvalue weighted by molar-refractivity contribution is 0.140. The number of carbonyl (C=O) groups excluding carboxylic acids is 1. The van der Waals surface area contributed by atoms with E-state index in [1.807, 2.05) is 0 Å². The molecular formula is C11H21NO5S. The zero-order chi connectivity index (χ0) is 13.4. The van der Waals surface area contributed by atoms with E-state index in [4.69, 9.17) is 9.84 Å². The van der Waals surface area contributed by atoms with Crippen molar-refractivity contribution < 1.29 is 23.1 Å². The molecule has 0 spiro atoms. The third kappa shape index (κ3) is 6.20. The molecule has 1 fully saturated rings. The molecule has 1 rings (SSSR count). The number of ether oxygens (including phenoxy) is 1. The summed E-state index contributed by atoms with van der Waals surface area (Å²) in [5.74, 6) is 0.151. The predicted octanol–water partition coefficient (Wildman–Crippen LogP) is 0.452. The quantitative estimate of drug-likeness (QED) is 0.660. The van der Waals surface area contributed by atoms with Crippen LogP contribution in [0.3, 0.4) is 0 Å². The van der Waals surface area contributed by atoms with Gasteiger partial charge in [-0.05, 0) is 25.7 Å². The first-order valence-electron chi connectivity index (χ1n) is 6.28. The van der Waals surface area contributed by atoms with Gasteiger partial charge in [0.25, 0.3) is 0 Å². The molecule has 0 unspecified atom stereocenters. The van der Waals surface area contributed by atoms with Crippen molar-refractivity contribution in [3.8, 4) is 0 Å². The molecular weight excluding hydrogens is 258 g/mol. The van der Waals surface area contributed by atoms with Crippen LogP contribution < -0.4 is 5.32 Å². The van der Waals surface area contributed by atoms with Crippen molar-refractivity contribution in [1.29, 1.82) is 0 Å². The molecule has 0 aromatic heterocycles. The van der Waals surface area contributed by atoms with E-state index in [0.29, 0.717) is 13.0 Å². The van der Waals surface area contributed by atoms with Gasteiger partial charge >= 0.3 is 6.09 Å². The first-order valence-corrected chi connectivity index (χ1v) is 8.10. The monoisotopic (exact) mass is 279 g/mol. The summed E-state index contributed by atoms with van der Waals surface area (Å²) in [6.07, 6.45) is 3.28. The highest BCUT2D eigenvalue weighted by Gasteiger charge is 2.29. The number of rotatable bonds is 7. The second kappa shape index (κ2) is 7.58. The largest absolute Gasteiger partial charge is 0.450 e. The summed E-state index contributed by atoms with van der Waals surface area (Å²) in [5, 5.41) is 11.1. The van der Waals surface area contributed by atoms with Crippen molar-refractivity contribution in [2.24, 2.45) is 0 Å². The number of nitrogens with one attached hydrogen (secondary N) is 1. The molecule has 1 saturated heterocycles. The van der Waals surface area contributed by atoms with Crippen LogP contribution >= 0.6 is 0 Å². The molecule has 1 atom stereocenters. The van der Waals surface area contributed by atoms with Crippen LogP contribution in [0, 0.1) is 0 Å². The highest BCUT2D eigenvalue weighted by molar-refractivity contribution is 7.91. The van der Waals surface area contributed by atoms with Gasteiger partial charge in [-0.15, -0.1) is 0 Å². The van der Waals surface area contributed by atoms with E-state index < -0.39 is 15.9 Å². The van der Waals surface area contributed by atoms with Gasteiger partial charge in [-0.3, -0.25) is 0 Å². The Labute approximate surface area is 108 Å². The zero-order valence-corrected chi connectivity index (χ0v) is 11.2. The minimum absolute atomic E-state index is 0.0125. The molecule has 0 radical (unpaired) electrons. The van der Waals surface area contributed by atoms with Crippen LogP contribution in [0.2, 0.25) is 0 Å². The van der Waals surface area contributed by atoms with Crippen LogP contribution in [0.15, 0.2) is 0 Å². The lowest BCUT2D eigenvalue weighted by Gasteiger charge is -2.11. The summed E-state index contributed by atoms with van der Waals surface area (Å²) >= 11 is 0. The van der Waals surface area contributed by atoms with E-state index in [1.54, 1.807) is 0 Å². The second-order valence-corrected chi connectivity index (χ2v) is 6.75. The van der Waals surface area contributed by atoms with Gasteiger partial charge in [0.05, 0.1) is 18.1 Å². The van der Waals surface area contributed by atoms with Gasteiger partial charge < -0.3 is 15.2 Å². The fraction of sp³-hybridized carbons (Fsp3) is 0.909. The maximum Gasteiger partial charge on any atom is 0.407 e. The molecule has 1 heterocycles.